The number of nitro benzene ring substituents is 1. The molecular weight excluding hydrogens is 456 g/mol. The van der Waals surface area contributed by atoms with Crippen LogP contribution >= 0.6 is 0 Å². The van der Waals surface area contributed by atoms with Crippen LogP contribution in [0.4, 0.5) is 11.4 Å². The number of hydrogen-bond acceptors (Lipinski definition) is 5. The minimum absolute atomic E-state index is 0.0490. The highest BCUT2D eigenvalue weighted by Gasteiger charge is 2.12. The van der Waals surface area contributed by atoms with Crippen molar-refractivity contribution in [3.63, 3.8) is 0 Å². The molecule has 7 heteroatoms. The van der Waals surface area contributed by atoms with Gasteiger partial charge in [-0.05, 0) is 60.4 Å². The third kappa shape index (κ3) is 8.12. The predicted octanol–water partition coefficient (Wildman–Crippen LogP) is 7.65. The molecule has 0 spiro atoms. The zero-order chi connectivity index (χ0) is 25.8. The van der Waals surface area contributed by atoms with Crippen LogP contribution in [0.1, 0.15) is 62.7 Å². The summed E-state index contributed by atoms with van der Waals surface area (Å²) in [6.07, 6.45) is 6.33. The topological polar surface area (TPSA) is 90.7 Å². The molecule has 0 unspecified atom stereocenters. The number of carbonyl (C=O) groups excluding carboxylic acids is 1. The van der Waals surface area contributed by atoms with E-state index >= 15 is 0 Å². The number of unbranched alkanes of at least 4 members (excludes halogenated alkanes) is 4. The van der Waals surface area contributed by atoms with Crippen LogP contribution in [-0.4, -0.2) is 24.0 Å². The average molecular weight is 491 g/mol. The van der Waals surface area contributed by atoms with Crippen molar-refractivity contribution in [2.75, 3.05) is 18.5 Å². The van der Waals surface area contributed by atoms with E-state index in [-0.39, 0.29) is 11.6 Å². The molecule has 3 rings (SSSR count). The Balaban J connectivity index is 1.70. The number of ether oxygens (including phenoxy) is 2. The first-order valence-corrected chi connectivity index (χ1v) is 12.6. The largest absolute Gasteiger partial charge is 0.493 e. The lowest BCUT2D eigenvalue weighted by molar-refractivity contribution is -0.384. The van der Waals surface area contributed by atoms with Gasteiger partial charge in [0, 0.05) is 29.4 Å². The summed E-state index contributed by atoms with van der Waals surface area (Å²) in [7, 11) is 0. The van der Waals surface area contributed by atoms with E-state index < -0.39 is 4.92 Å². The summed E-state index contributed by atoms with van der Waals surface area (Å²) >= 11 is 0. The van der Waals surface area contributed by atoms with Gasteiger partial charge in [0.25, 0.3) is 11.6 Å². The fourth-order valence-electron chi connectivity index (χ4n) is 3.68. The van der Waals surface area contributed by atoms with Crippen LogP contribution in [0.25, 0.3) is 11.1 Å². The summed E-state index contributed by atoms with van der Waals surface area (Å²) in [5.41, 5.74) is 2.91. The number of nitrogens with one attached hydrogen (secondary N) is 1. The molecule has 0 saturated carbocycles. The van der Waals surface area contributed by atoms with Crippen molar-refractivity contribution in [3.05, 3.63) is 82.4 Å². The van der Waals surface area contributed by atoms with E-state index in [1.165, 1.54) is 12.1 Å². The van der Waals surface area contributed by atoms with Gasteiger partial charge in [-0.15, -0.1) is 0 Å². The third-order valence-electron chi connectivity index (χ3n) is 5.73. The summed E-state index contributed by atoms with van der Waals surface area (Å²) in [6, 6.07) is 19.0. The van der Waals surface area contributed by atoms with E-state index in [1.807, 2.05) is 30.3 Å². The molecule has 0 bridgehead atoms. The third-order valence-corrected chi connectivity index (χ3v) is 5.73. The van der Waals surface area contributed by atoms with E-state index in [4.69, 9.17) is 9.47 Å². The smallest absolute Gasteiger partial charge is 0.269 e. The predicted molar refractivity (Wildman–Crippen MR) is 143 cm³/mol. The van der Waals surface area contributed by atoms with Gasteiger partial charge in [0.05, 0.1) is 18.1 Å². The van der Waals surface area contributed by atoms with Gasteiger partial charge in [-0.3, -0.25) is 14.9 Å². The molecule has 0 heterocycles. The van der Waals surface area contributed by atoms with Crippen LogP contribution in [0.15, 0.2) is 66.7 Å². The molecule has 190 valence electrons. The van der Waals surface area contributed by atoms with Crippen LogP contribution in [0, 0.1) is 10.1 Å². The van der Waals surface area contributed by atoms with Gasteiger partial charge in [-0.2, -0.15) is 0 Å². The molecule has 0 aliphatic heterocycles. The Kier molecular flexibility index (Phi) is 10.3. The number of rotatable bonds is 14. The Morgan fingerprint density at radius 3 is 1.75 bits per heavy atom. The Morgan fingerprint density at radius 2 is 1.28 bits per heavy atom. The second kappa shape index (κ2) is 13.9. The molecule has 0 radical (unpaired) electrons. The van der Waals surface area contributed by atoms with Crippen molar-refractivity contribution in [2.45, 2.75) is 52.4 Å². The Hall–Kier alpha value is -3.87. The lowest BCUT2D eigenvalue weighted by atomic mass is 10.0. The molecule has 36 heavy (non-hydrogen) atoms. The molecule has 0 atom stereocenters. The molecule has 1 N–H and O–H groups in total. The van der Waals surface area contributed by atoms with E-state index in [2.05, 4.69) is 19.2 Å². The van der Waals surface area contributed by atoms with Crippen molar-refractivity contribution in [2.24, 2.45) is 0 Å². The average Bonchev–Trinajstić information content (AvgIpc) is 2.89. The van der Waals surface area contributed by atoms with Gasteiger partial charge < -0.3 is 14.8 Å². The van der Waals surface area contributed by atoms with Crippen molar-refractivity contribution >= 4 is 17.3 Å². The van der Waals surface area contributed by atoms with Gasteiger partial charge in [-0.25, -0.2) is 0 Å². The zero-order valence-electron chi connectivity index (χ0n) is 21.0. The van der Waals surface area contributed by atoms with Crippen molar-refractivity contribution < 1.29 is 19.2 Å². The van der Waals surface area contributed by atoms with Gasteiger partial charge in [0.1, 0.15) is 11.5 Å². The molecule has 0 fully saturated rings. The lowest BCUT2D eigenvalue weighted by Crippen LogP contribution is -2.12. The number of amides is 1. The number of nitro groups is 1. The molecule has 0 aliphatic carbocycles. The van der Waals surface area contributed by atoms with Crippen LogP contribution < -0.4 is 14.8 Å². The van der Waals surface area contributed by atoms with Crippen molar-refractivity contribution in [1.82, 2.24) is 0 Å². The van der Waals surface area contributed by atoms with Gasteiger partial charge in [0.2, 0.25) is 0 Å². The van der Waals surface area contributed by atoms with Crippen LogP contribution in [0.5, 0.6) is 11.5 Å². The standard InChI is InChI=1S/C29H34N2O5/c1-3-5-7-17-35-27-19-24(20-28(21-27)36-18-8-6-4-2)29(32)30-25-13-9-22(10-14-25)23-11-15-26(16-12-23)31(33)34/h9-16,19-21H,3-8,17-18H2,1-2H3,(H,30,32). The summed E-state index contributed by atoms with van der Waals surface area (Å²) in [5.74, 6) is 0.992. The number of non-ortho nitro benzene ring substituents is 1. The lowest BCUT2D eigenvalue weighted by Gasteiger charge is -2.13. The summed E-state index contributed by atoms with van der Waals surface area (Å²) in [5, 5.41) is 13.8. The number of benzene rings is 3. The maximum atomic E-state index is 13.0. The molecule has 1 amide bonds. The second-order valence-electron chi connectivity index (χ2n) is 8.64. The number of anilines is 1. The maximum Gasteiger partial charge on any atom is 0.269 e. The summed E-state index contributed by atoms with van der Waals surface area (Å²) in [6.45, 7) is 5.48. The number of hydrogen-bond donors (Lipinski definition) is 1. The molecule has 7 nitrogen and oxygen atoms in total. The first-order valence-electron chi connectivity index (χ1n) is 12.6. The zero-order valence-corrected chi connectivity index (χ0v) is 21.0. The van der Waals surface area contributed by atoms with Crippen molar-refractivity contribution in [1.29, 1.82) is 0 Å². The monoisotopic (exact) mass is 490 g/mol. The molecule has 0 aromatic heterocycles. The summed E-state index contributed by atoms with van der Waals surface area (Å²) in [4.78, 5) is 23.5. The highest BCUT2D eigenvalue weighted by atomic mass is 16.6. The fourth-order valence-corrected chi connectivity index (χ4v) is 3.68. The van der Waals surface area contributed by atoms with Gasteiger partial charge in [0.15, 0.2) is 0 Å². The maximum absolute atomic E-state index is 13.0. The van der Waals surface area contributed by atoms with Gasteiger partial charge in [-0.1, -0.05) is 51.7 Å². The van der Waals surface area contributed by atoms with E-state index in [1.54, 1.807) is 24.3 Å². The molecule has 0 saturated heterocycles. The fraction of sp³-hybridized carbons (Fsp3) is 0.345. The van der Waals surface area contributed by atoms with E-state index in [0.717, 1.165) is 49.7 Å². The Bertz CT molecular complexity index is 1100. The minimum atomic E-state index is -0.421. The van der Waals surface area contributed by atoms with Gasteiger partial charge >= 0.3 is 0 Å². The minimum Gasteiger partial charge on any atom is -0.493 e. The van der Waals surface area contributed by atoms with E-state index in [0.29, 0.717) is 36.0 Å². The molecular formula is C29H34N2O5. The number of nitrogens with zero attached hydrogens (tertiary/aromatic N) is 1. The number of carbonyl (C=O) groups is 1. The SMILES string of the molecule is CCCCCOc1cc(OCCCCC)cc(C(=O)Nc2ccc(-c3ccc([N+](=O)[O-])cc3)cc2)c1. The van der Waals surface area contributed by atoms with Crippen molar-refractivity contribution in [3.8, 4) is 22.6 Å². The first-order chi connectivity index (χ1) is 17.5. The normalized spacial score (nSPS) is 10.6. The highest BCUT2D eigenvalue weighted by molar-refractivity contribution is 6.04. The molecule has 3 aromatic rings. The van der Waals surface area contributed by atoms with Crippen LogP contribution in [0.2, 0.25) is 0 Å². The molecule has 0 aliphatic rings. The quantitative estimate of drug-likeness (QED) is 0.142. The Morgan fingerprint density at radius 1 is 0.778 bits per heavy atom. The highest BCUT2D eigenvalue weighted by Crippen LogP contribution is 2.26. The van der Waals surface area contributed by atoms with Crippen LogP contribution in [-0.2, 0) is 0 Å². The van der Waals surface area contributed by atoms with E-state index in [9.17, 15) is 14.9 Å². The molecule has 3 aromatic carbocycles. The first kappa shape index (κ1) is 26.7. The Labute approximate surface area is 212 Å². The summed E-state index contributed by atoms with van der Waals surface area (Å²) < 4.78 is 11.8. The van der Waals surface area contributed by atoms with Crippen LogP contribution in [0.3, 0.4) is 0 Å². The second-order valence-corrected chi connectivity index (χ2v) is 8.64.